The van der Waals surface area contributed by atoms with E-state index in [1.807, 2.05) is 18.4 Å². The number of benzene rings is 1. The quantitative estimate of drug-likeness (QED) is 0.906. The van der Waals surface area contributed by atoms with Crippen molar-refractivity contribution in [2.75, 3.05) is 5.73 Å². The van der Waals surface area contributed by atoms with E-state index < -0.39 is 0 Å². The lowest BCUT2D eigenvalue weighted by Crippen LogP contribution is -2.08. The van der Waals surface area contributed by atoms with Gasteiger partial charge in [-0.15, -0.1) is 0 Å². The van der Waals surface area contributed by atoms with Gasteiger partial charge in [0.25, 0.3) is 0 Å². The third kappa shape index (κ3) is 2.61. The van der Waals surface area contributed by atoms with Crippen molar-refractivity contribution in [1.82, 2.24) is 9.55 Å². The summed E-state index contributed by atoms with van der Waals surface area (Å²) in [7, 11) is 0. The average molecular weight is 249 g/mol. The van der Waals surface area contributed by atoms with E-state index in [2.05, 4.69) is 4.98 Å². The van der Waals surface area contributed by atoms with Crippen LogP contribution in [0.5, 0.6) is 5.75 Å². The summed E-state index contributed by atoms with van der Waals surface area (Å²) >= 11 is 0. The zero-order chi connectivity index (χ0) is 13.1. The minimum absolute atomic E-state index is 0.191. The normalized spacial score (nSPS) is 10.9. The first kappa shape index (κ1) is 12.4. The van der Waals surface area contributed by atoms with Crippen molar-refractivity contribution in [3.05, 3.63) is 42.1 Å². The second-order valence-corrected chi connectivity index (χ2v) is 4.30. The number of nitrogens with two attached hydrogens (primary N) is 1. The van der Waals surface area contributed by atoms with Crippen LogP contribution in [0.15, 0.2) is 30.5 Å². The molecular weight excluding hydrogens is 233 g/mol. The van der Waals surface area contributed by atoms with E-state index in [0.717, 1.165) is 0 Å². The van der Waals surface area contributed by atoms with Gasteiger partial charge in [-0.3, -0.25) is 0 Å². The van der Waals surface area contributed by atoms with Crippen LogP contribution in [0, 0.1) is 5.82 Å². The van der Waals surface area contributed by atoms with Crippen LogP contribution in [0.4, 0.5) is 10.2 Å². The van der Waals surface area contributed by atoms with Crippen LogP contribution in [0.1, 0.15) is 25.7 Å². The molecule has 0 aliphatic heterocycles. The number of nitrogen functional groups attached to an aromatic ring is 1. The summed E-state index contributed by atoms with van der Waals surface area (Å²) in [4.78, 5) is 4.17. The fourth-order valence-corrected chi connectivity index (χ4v) is 1.71. The van der Waals surface area contributed by atoms with Gasteiger partial charge >= 0.3 is 0 Å². The molecule has 0 aliphatic rings. The number of rotatable bonds is 4. The van der Waals surface area contributed by atoms with Crippen molar-refractivity contribution in [2.45, 2.75) is 26.5 Å². The summed E-state index contributed by atoms with van der Waals surface area (Å²) < 4.78 is 20.7. The zero-order valence-electron chi connectivity index (χ0n) is 10.4. The van der Waals surface area contributed by atoms with Crippen LogP contribution in [-0.2, 0) is 6.61 Å². The van der Waals surface area contributed by atoms with E-state index in [1.54, 1.807) is 24.4 Å². The van der Waals surface area contributed by atoms with Crippen molar-refractivity contribution in [3.8, 4) is 5.75 Å². The van der Waals surface area contributed by atoms with Crippen molar-refractivity contribution in [2.24, 2.45) is 0 Å². The first-order valence-corrected chi connectivity index (χ1v) is 5.78. The molecule has 1 aromatic carbocycles. The van der Waals surface area contributed by atoms with Crippen LogP contribution in [-0.4, -0.2) is 9.55 Å². The molecule has 2 rings (SSSR count). The topological polar surface area (TPSA) is 53.1 Å². The maximum absolute atomic E-state index is 13.4. The highest BCUT2D eigenvalue weighted by Gasteiger charge is 2.10. The Hall–Kier alpha value is -2.04. The van der Waals surface area contributed by atoms with E-state index >= 15 is 0 Å². The number of nitrogens with zero attached hydrogens (tertiary/aromatic N) is 2. The molecule has 4 nitrogen and oxygen atoms in total. The average Bonchev–Trinajstić information content (AvgIpc) is 2.70. The summed E-state index contributed by atoms with van der Waals surface area (Å²) in [5.41, 5.74) is 5.65. The Morgan fingerprint density at radius 1 is 1.39 bits per heavy atom. The van der Waals surface area contributed by atoms with Crippen molar-refractivity contribution in [3.63, 3.8) is 0 Å². The predicted molar refractivity (Wildman–Crippen MR) is 67.8 cm³/mol. The number of hydrogen-bond donors (Lipinski definition) is 1. The zero-order valence-corrected chi connectivity index (χ0v) is 10.4. The minimum atomic E-state index is -0.381. The highest BCUT2D eigenvalue weighted by molar-refractivity contribution is 5.27. The van der Waals surface area contributed by atoms with Gasteiger partial charge < -0.3 is 15.0 Å². The summed E-state index contributed by atoms with van der Waals surface area (Å²) in [5, 5.41) is 0. The third-order valence-corrected chi connectivity index (χ3v) is 2.58. The molecule has 1 heterocycles. The summed E-state index contributed by atoms with van der Waals surface area (Å²) in [6, 6.07) is 6.52. The lowest BCUT2D eigenvalue weighted by atomic mass is 10.3. The minimum Gasteiger partial charge on any atom is -0.483 e. The van der Waals surface area contributed by atoms with Gasteiger partial charge in [-0.1, -0.05) is 12.1 Å². The standard InChI is InChI=1S/C13H16FN3O/c1-9(2)17-7-12(15)16-13(17)8-18-11-6-4-3-5-10(11)14/h3-7,9H,8,15H2,1-2H3. The SMILES string of the molecule is CC(C)n1cc(N)nc1COc1ccccc1F. The highest BCUT2D eigenvalue weighted by atomic mass is 19.1. The summed E-state index contributed by atoms with van der Waals surface area (Å²) in [5.74, 6) is 0.962. The molecule has 2 N–H and O–H groups in total. The molecule has 0 saturated carbocycles. The number of ether oxygens (including phenoxy) is 1. The largest absolute Gasteiger partial charge is 0.483 e. The monoisotopic (exact) mass is 249 g/mol. The van der Waals surface area contributed by atoms with Crippen LogP contribution < -0.4 is 10.5 Å². The molecule has 0 aliphatic carbocycles. The first-order valence-electron chi connectivity index (χ1n) is 5.78. The van der Waals surface area contributed by atoms with Crippen LogP contribution in [0.2, 0.25) is 0 Å². The van der Waals surface area contributed by atoms with Crippen molar-refractivity contribution >= 4 is 5.82 Å². The van der Waals surface area contributed by atoms with Gasteiger partial charge in [0.15, 0.2) is 11.6 Å². The molecule has 0 radical (unpaired) electrons. The van der Waals surface area contributed by atoms with E-state index in [4.69, 9.17) is 10.5 Å². The molecule has 1 aromatic heterocycles. The number of hydrogen-bond acceptors (Lipinski definition) is 3. The maximum Gasteiger partial charge on any atom is 0.165 e. The van der Waals surface area contributed by atoms with Crippen LogP contribution >= 0.6 is 0 Å². The number of halogens is 1. The van der Waals surface area contributed by atoms with Crippen LogP contribution in [0.3, 0.4) is 0 Å². The number of aromatic nitrogens is 2. The summed E-state index contributed by atoms with van der Waals surface area (Å²) in [6.45, 7) is 4.23. The molecule has 5 heteroatoms. The fourth-order valence-electron chi connectivity index (χ4n) is 1.71. The van der Waals surface area contributed by atoms with Gasteiger partial charge in [-0.25, -0.2) is 9.37 Å². The second kappa shape index (κ2) is 5.08. The molecule has 0 amide bonds. The van der Waals surface area contributed by atoms with E-state index in [0.29, 0.717) is 11.6 Å². The third-order valence-electron chi connectivity index (χ3n) is 2.58. The van der Waals surface area contributed by atoms with E-state index in [-0.39, 0.29) is 24.2 Å². The van der Waals surface area contributed by atoms with E-state index in [9.17, 15) is 4.39 Å². The Kier molecular flexibility index (Phi) is 3.50. The second-order valence-electron chi connectivity index (χ2n) is 4.30. The van der Waals surface area contributed by atoms with Gasteiger partial charge in [0, 0.05) is 12.2 Å². The molecular formula is C13H16FN3O. The number of para-hydroxylation sites is 1. The Labute approximate surface area is 105 Å². The Morgan fingerprint density at radius 2 is 2.11 bits per heavy atom. The van der Waals surface area contributed by atoms with Gasteiger partial charge in [-0.05, 0) is 26.0 Å². The Balaban J connectivity index is 2.13. The molecule has 0 unspecified atom stereocenters. The fraction of sp³-hybridized carbons (Fsp3) is 0.308. The predicted octanol–water partition coefficient (Wildman–Crippen LogP) is 2.76. The lowest BCUT2D eigenvalue weighted by Gasteiger charge is -2.12. The molecule has 2 aromatic rings. The highest BCUT2D eigenvalue weighted by Crippen LogP contribution is 2.18. The molecule has 0 saturated heterocycles. The molecule has 0 atom stereocenters. The van der Waals surface area contributed by atoms with Gasteiger partial charge in [0.2, 0.25) is 0 Å². The Morgan fingerprint density at radius 3 is 2.78 bits per heavy atom. The van der Waals surface area contributed by atoms with Crippen molar-refractivity contribution < 1.29 is 9.13 Å². The van der Waals surface area contributed by atoms with E-state index in [1.165, 1.54) is 6.07 Å². The van der Waals surface area contributed by atoms with Gasteiger partial charge in [-0.2, -0.15) is 0 Å². The summed E-state index contributed by atoms with van der Waals surface area (Å²) in [6.07, 6.45) is 1.75. The van der Waals surface area contributed by atoms with Crippen molar-refractivity contribution in [1.29, 1.82) is 0 Å². The molecule has 0 bridgehead atoms. The molecule has 0 spiro atoms. The first-order chi connectivity index (χ1) is 8.58. The molecule has 96 valence electrons. The number of anilines is 1. The molecule has 18 heavy (non-hydrogen) atoms. The smallest absolute Gasteiger partial charge is 0.165 e. The van der Waals surface area contributed by atoms with Gasteiger partial charge in [0.05, 0.1) is 0 Å². The van der Waals surface area contributed by atoms with Crippen LogP contribution in [0.25, 0.3) is 0 Å². The number of imidazole rings is 1. The van der Waals surface area contributed by atoms with Gasteiger partial charge in [0.1, 0.15) is 18.2 Å². The molecule has 0 fully saturated rings. The maximum atomic E-state index is 13.4. The Bertz CT molecular complexity index is 537. The lowest BCUT2D eigenvalue weighted by molar-refractivity contribution is 0.273.